The van der Waals surface area contributed by atoms with Crippen molar-refractivity contribution < 1.29 is 29.2 Å². The molecule has 146 valence electrons. The lowest BCUT2D eigenvalue weighted by Gasteiger charge is -2.24. The van der Waals surface area contributed by atoms with Gasteiger partial charge in [-0.15, -0.1) is 0 Å². The molecular weight excluding hydrogens is 364 g/mol. The fourth-order valence-electron chi connectivity index (χ4n) is 3.49. The van der Waals surface area contributed by atoms with Crippen LogP contribution in [0.4, 0.5) is 0 Å². The molecule has 2 aromatic carbocycles. The number of benzene rings is 2. The minimum absolute atomic E-state index is 0.114. The maximum absolute atomic E-state index is 12.5. The zero-order valence-electron chi connectivity index (χ0n) is 15.6. The fraction of sp³-hybridized carbons (Fsp3) is 0.286. The smallest absolute Gasteiger partial charge is 0.344 e. The Bertz CT molecular complexity index is 1140. The van der Waals surface area contributed by atoms with Crippen molar-refractivity contribution >= 4 is 11.0 Å². The zero-order chi connectivity index (χ0) is 20.2. The predicted octanol–water partition coefficient (Wildman–Crippen LogP) is 2.95. The minimum atomic E-state index is -1.06. The van der Waals surface area contributed by atoms with Crippen molar-refractivity contribution in [1.82, 2.24) is 0 Å². The normalized spacial score (nSPS) is 16.1. The number of ether oxygens (including phenoxy) is 2. The highest BCUT2D eigenvalue weighted by Gasteiger charge is 2.37. The van der Waals surface area contributed by atoms with E-state index in [9.17, 15) is 20.1 Å². The van der Waals surface area contributed by atoms with Crippen molar-refractivity contribution in [3.05, 3.63) is 46.3 Å². The molecule has 4 rings (SSSR count). The molecule has 1 aliphatic rings. The molecule has 0 fully saturated rings. The second-order valence-electron chi connectivity index (χ2n) is 7.41. The van der Waals surface area contributed by atoms with Crippen LogP contribution in [0.3, 0.4) is 0 Å². The first-order chi connectivity index (χ1) is 13.2. The number of hydrogen-bond acceptors (Lipinski definition) is 7. The summed E-state index contributed by atoms with van der Waals surface area (Å²) >= 11 is 0. The van der Waals surface area contributed by atoms with Gasteiger partial charge in [0.05, 0.1) is 23.7 Å². The summed E-state index contributed by atoms with van der Waals surface area (Å²) in [7, 11) is 1.51. The summed E-state index contributed by atoms with van der Waals surface area (Å²) in [5.41, 5.74) is -0.272. The maximum Gasteiger partial charge on any atom is 0.344 e. The van der Waals surface area contributed by atoms with E-state index in [1.165, 1.54) is 19.2 Å². The Kier molecular flexibility index (Phi) is 4.01. The number of fused-ring (bicyclic) bond motifs is 2. The summed E-state index contributed by atoms with van der Waals surface area (Å²) in [6.07, 6.45) is -0.0165. The number of rotatable bonds is 3. The molecule has 1 atom stereocenters. The van der Waals surface area contributed by atoms with E-state index in [1.54, 1.807) is 26.0 Å². The van der Waals surface area contributed by atoms with E-state index < -0.39 is 17.3 Å². The number of aromatic hydroxyl groups is 2. The highest BCUT2D eigenvalue weighted by molar-refractivity contribution is 5.91. The first-order valence-corrected chi connectivity index (χ1v) is 8.78. The second-order valence-corrected chi connectivity index (χ2v) is 7.41. The average molecular weight is 384 g/mol. The summed E-state index contributed by atoms with van der Waals surface area (Å²) in [4.78, 5) is 12.5. The van der Waals surface area contributed by atoms with Gasteiger partial charge in [0.15, 0.2) is 0 Å². The van der Waals surface area contributed by atoms with Crippen LogP contribution in [0, 0.1) is 0 Å². The van der Waals surface area contributed by atoms with E-state index in [1.807, 2.05) is 0 Å². The number of phenols is 2. The van der Waals surface area contributed by atoms with Gasteiger partial charge in [-0.25, -0.2) is 4.79 Å². The Labute approximate surface area is 160 Å². The molecule has 7 nitrogen and oxygen atoms in total. The van der Waals surface area contributed by atoms with E-state index in [0.717, 1.165) is 11.6 Å². The highest BCUT2D eigenvalue weighted by atomic mass is 16.5. The Morgan fingerprint density at radius 3 is 2.54 bits per heavy atom. The Morgan fingerprint density at radius 1 is 1.14 bits per heavy atom. The van der Waals surface area contributed by atoms with Crippen molar-refractivity contribution in [2.45, 2.75) is 32.0 Å². The molecule has 0 saturated heterocycles. The molecule has 28 heavy (non-hydrogen) atoms. The van der Waals surface area contributed by atoms with E-state index >= 15 is 0 Å². The summed E-state index contributed by atoms with van der Waals surface area (Å²) < 4.78 is 16.9. The molecule has 1 aliphatic heterocycles. The largest absolute Gasteiger partial charge is 0.508 e. The second kappa shape index (κ2) is 6.17. The first-order valence-electron chi connectivity index (χ1n) is 8.78. The quantitative estimate of drug-likeness (QED) is 0.596. The van der Waals surface area contributed by atoms with Crippen LogP contribution < -0.4 is 15.1 Å². The molecule has 0 bridgehead atoms. The van der Waals surface area contributed by atoms with Crippen molar-refractivity contribution in [3.63, 3.8) is 0 Å². The summed E-state index contributed by atoms with van der Waals surface area (Å²) in [5.74, 6) is 0.635. The molecule has 0 spiro atoms. The Morgan fingerprint density at radius 2 is 1.89 bits per heavy atom. The first kappa shape index (κ1) is 18.2. The third-order valence-corrected chi connectivity index (χ3v) is 4.98. The molecule has 0 unspecified atom stereocenters. The lowest BCUT2D eigenvalue weighted by molar-refractivity contribution is -0.0229. The number of aliphatic hydroxyl groups is 1. The SMILES string of the molecule is COc1c2c(cc3oc(=O)c(-c4ccc(O)cc4O)cc13)O[C@@H](C(C)(C)O)C2. The van der Waals surface area contributed by atoms with Gasteiger partial charge in [0.25, 0.3) is 0 Å². The van der Waals surface area contributed by atoms with Crippen molar-refractivity contribution in [2.75, 3.05) is 7.11 Å². The van der Waals surface area contributed by atoms with Gasteiger partial charge in [-0.05, 0) is 32.0 Å². The summed E-state index contributed by atoms with van der Waals surface area (Å²) in [6.45, 7) is 3.34. The monoisotopic (exact) mass is 384 g/mol. The number of phenolic OH excluding ortho intramolecular Hbond substituents is 2. The average Bonchev–Trinajstić information content (AvgIpc) is 3.03. The van der Waals surface area contributed by atoms with E-state index in [4.69, 9.17) is 13.9 Å². The van der Waals surface area contributed by atoms with E-state index in [-0.39, 0.29) is 28.2 Å². The lowest BCUT2D eigenvalue weighted by atomic mass is 9.95. The van der Waals surface area contributed by atoms with Crippen molar-refractivity contribution in [2.24, 2.45) is 0 Å². The number of methoxy groups -OCH3 is 1. The molecular formula is C21H20O7. The van der Waals surface area contributed by atoms with Crippen LogP contribution in [0.15, 0.2) is 39.5 Å². The van der Waals surface area contributed by atoms with Crippen molar-refractivity contribution in [1.29, 1.82) is 0 Å². The van der Waals surface area contributed by atoms with Crippen LogP contribution >= 0.6 is 0 Å². The Balaban J connectivity index is 1.94. The van der Waals surface area contributed by atoms with E-state index in [0.29, 0.717) is 23.3 Å². The summed E-state index contributed by atoms with van der Waals surface area (Å²) in [6, 6.07) is 7.17. The van der Waals surface area contributed by atoms with Gasteiger partial charge < -0.3 is 29.2 Å². The third kappa shape index (κ3) is 2.84. The molecule has 3 aromatic rings. The standard InChI is InChI=1S/C21H20O7/c1-21(2,25)18-8-14-16(27-18)9-17-13(19(14)26-3)7-12(20(24)28-17)11-5-4-10(22)6-15(11)23/h4-7,9,18,22-23,25H,8H2,1-3H3/t18-/m1/s1. The van der Waals surface area contributed by atoms with Gasteiger partial charge in [-0.3, -0.25) is 0 Å². The van der Waals surface area contributed by atoms with Crippen LogP contribution in [0.5, 0.6) is 23.0 Å². The Hall–Kier alpha value is -3.19. The van der Waals surface area contributed by atoms with Crippen LogP contribution in [0.25, 0.3) is 22.1 Å². The van der Waals surface area contributed by atoms with Crippen LogP contribution in [-0.2, 0) is 6.42 Å². The molecule has 0 saturated carbocycles. The molecule has 0 amide bonds. The molecule has 2 heterocycles. The highest BCUT2D eigenvalue weighted by Crippen LogP contribution is 2.44. The lowest BCUT2D eigenvalue weighted by Crippen LogP contribution is -2.39. The van der Waals surface area contributed by atoms with Crippen LogP contribution in [0.1, 0.15) is 19.4 Å². The third-order valence-electron chi connectivity index (χ3n) is 4.98. The van der Waals surface area contributed by atoms with Crippen LogP contribution in [-0.4, -0.2) is 34.1 Å². The predicted molar refractivity (Wildman–Crippen MR) is 102 cm³/mol. The van der Waals surface area contributed by atoms with Gasteiger partial charge in [0.2, 0.25) is 0 Å². The van der Waals surface area contributed by atoms with Crippen LogP contribution in [0.2, 0.25) is 0 Å². The molecule has 7 heteroatoms. The van der Waals surface area contributed by atoms with Crippen molar-refractivity contribution in [3.8, 4) is 34.1 Å². The molecule has 3 N–H and O–H groups in total. The zero-order valence-corrected chi connectivity index (χ0v) is 15.6. The maximum atomic E-state index is 12.5. The fourth-order valence-corrected chi connectivity index (χ4v) is 3.49. The van der Waals surface area contributed by atoms with Gasteiger partial charge in [0, 0.05) is 29.7 Å². The number of hydrogen-bond donors (Lipinski definition) is 3. The topological polar surface area (TPSA) is 109 Å². The van der Waals surface area contributed by atoms with E-state index in [2.05, 4.69) is 0 Å². The molecule has 1 aromatic heterocycles. The van der Waals surface area contributed by atoms with Gasteiger partial charge in [-0.2, -0.15) is 0 Å². The van der Waals surface area contributed by atoms with Gasteiger partial charge in [0.1, 0.15) is 34.7 Å². The minimum Gasteiger partial charge on any atom is -0.508 e. The summed E-state index contributed by atoms with van der Waals surface area (Å²) in [5, 5.41) is 30.5. The van der Waals surface area contributed by atoms with Gasteiger partial charge in [-0.1, -0.05) is 0 Å². The molecule has 0 aliphatic carbocycles. The van der Waals surface area contributed by atoms with Gasteiger partial charge >= 0.3 is 5.63 Å². The molecule has 0 radical (unpaired) electrons.